The van der Waals surface area contributed by atoms with E-state index in [1.807, 2.05) is 0 Å². The van der Waals surface area contributed by atoms with E-state index in [-0.39, 0.29) is 48.9 Å². The second-order valence-electron chi connectivity index (χ2n) is 11.0. The predicted octanol–water partition coefficient (Wildman–Crippen LogP) is -1.44. The number of aliphatic imine (C=N–C) groups is 1. The molecule has 0 saturated heterocycles. The third-order valence-corrected chi connectivity index (χ3v) is 7.00. The minimum absolute atomic E-state index is 0.0482. The number of nitro benzene ring substituents is 1. The number of anilines is 1. The van der Waals surface area contributed by atoms with Crippen molar-refractivity contribution in [3.8, 4) is 5.75 Å². The number of aromatic hydroxyl groups is 1. The highest BCUT2D eigenvalue weighted by Gasteiger charge is 2.33. The van der Waals surface area contributed by atoms with Gasteiger partial charge in [0.25, 0.3) is 5.69 Å². The summed E-state index contributed by atoms with van der Waals surface area (Å²) in [6.45, 7) is 1.38. The van der Waals surface area contributed by atoms with Gasteiger partial charge in [0.1, 0.15) is 23.9 Å². The van der Waals surface area contributed by atoms with Gasteiger partial charge in [-0.15, -0.1) is 0 Å². The van der Waals surface area contributed by atoms with Gasteiger partial charge in [-0.1, -0.05) is 12.1 Å². The number of phenolic OH excluding ortho intramolecular Hbond substituents is 1. The first kappa shape index (κ1) is 39.4. The second kappa shape index (κ2) is 19.1. The number of amides is 4. The molecule has 49 heavy (non-hydrogen) atoms. The Balaban J connectivity index is 2.23. The number of guanidine groups is 1. The minimum atomic E-state index is -1.68. The molecular weight excluding hydrogens is 646 g/mol. The zero-order valence-corrected chi connectivity index (χ0v) is 26.6. The molecule has 2 rings (SSSR count). The molecule has 0 fully saturated rings. The van der Waals surface area contributed by atoms with E-state index in [9.17, 15) is 49.4 Å². The molecule has 2 aromatic carbocycles. The second-order valence-corrected chi connectivity index (χ2v) is 11.0. The number of carboxylic acid groups (broad SMARTS) is 1. The first-order chi connectivity index (χ1) is 23.1. The largest absolute Gasteiger partial charge is 0.508 e. The number of benzene rings is 2. The average Bonchev–Trinajstić information content (AvgIpc) is 3.03. The lowest BCUT2D eigenvalue weighted by Crippen LogP contribution is -2.60. The molecule has 266 valence electrons. The molecule has 0 aliphatic carbocycles. The number of aliphatic carboxylic acids is 1. The van der Waals surface area contributed by atoms with Gasteiger partial charge in [-0.2, -0.15) is 0 Å². The number of nitrogens with two attached hydrogens (primary N) is 3. The number of carboxylic acids is 1. The van der Waals surface area contributed by atoms with Crippen molar-refractivity contribution >= 4 is 46.9 Å². The van der Waals surface area contributed by atoms with E-state index in [2.05, 4.69) is 26.3 Å². The van der Waals surface area contributed by atoms with Crippen LogP contribution < -0.4 is 38.5 Å². The summed E-state index contributed by atoms with van der Waals surface area (Å²) >= 11 is 0. The molecule has 13 N–H and O–H groups in total. The highest BCUT2D eigenvalue weighted by atomic mass is 16.6. The van der Waals surface area contributed by atoms with Crippen LogP contribution in [0.4, 0.5) is 11.4 Å². The van der Waals surface area contributed by atoms with Gasteiger partial charge in [0, 0.05) is 37.2 Å². The maximum Gasteiger partial charge on any atom is 0.303 e. The first-order valence-corrected chi connectivity index (χ1v) is 15.0. The Morgan fingerprint density at radius 3 is 2.04 bits per heavy atom. The van der Waals surface area contributed by atoms with Crippen LogP contribution in [0, 0.1) is 10.1 Å². The number of nitrogens with zero attached hydrogens (tertiary/aromatic N) is 2. The molecule has 5 atom stereocenters. The van der Waals surface area contributed by atoms with E-state index in [0.29, 0.717) is 12.0 Å². The summed E-state index contributed by atoms with van der Waals surface area (Å²) in [5, 5.41) is 50.0. The van der Waals surface area contributed by atoms with Gasteiger partial charge in [0.15, 0.2) is 5.96 Å². The van der Waals surface area contributed by atoms with Gasteiger partial charge in [-0.3, -0.25) is 39.1 Å². The fourth-order valence-corrected chi connectivity index (χ4v) is 4.36. The number of aliphatic hydroxyl groups is 1. The molecular formula is C30H41N9O10. The standard InChI is InChI=1S/C30H41N9O10/c1-16(40)25(38-27(45)22(12-13-24(42)43)36-26(44)21(31)3-2-14-34-30(32)33)29(47)37-23(15-17-4-10-20(41)11-5-17)28(46)35-18-6-8-19(9-7-18)39(48)49/h4-11,16,21-23,25,40-41H,2-3,12-15,31H2,1H3,(H,35,46)(H,36,44)(H,37,47)(H,38,45)(H,42,43)(H4,32,33,34)/t16-,21+,22+,23+,25+/m1/s1. The van der Waals surface area contributed by atoms with Crippen LogP contribution in [-0.2, 0) is 30.4 Å². The molecule has 0 radical (unpaired) electrons. The number of nitro groups is 1. The molecule has 0 aliphatic heterocycles. The van der Waals surface area contributed by atoms with Crippen LogP contribution >= 0.6 is 0 Å². The Morgan fingerprint density at radius 1 is 0.878 bits per heavy atom. The summed E-state index contributed by atoms with van der Waals surface area (Å²) in [6, 6.07) is 5.05. The highest BCUT2D eigenvalue weighted by molar-refractivity contribution is 5.99. The molecule has 0 bridgehead atoms. The number of aliphatic hydroxyl groups excluding tert-OH is 1. The zero-order chi connectivity index (χ0) is 36.7. The van der Waals surface area contributed by atoms with E-state index in [1.54, 1.807) is 0 Å². The first-order valence-electron chi connectivity index (χ1n) is 15.0. The van der Waals surface area contributed by atoms with Crippen LogP contribution in [0.1, 0.15) is 38.2 Å². The number of hydrogen-bond donors (Lipinski definition) is 10. The number of rotatable bonds is 19. The number of phenols is 1. The van der Waals surface area contributed by atoms with Crippen LogP contribution in [0.5, 0.6) is 5.75 Å². The molecule has 0 saturated carbocycles. The van der Waals surface area contributed by atoms with Gasteiger partial charge in [0.05, 0.1) is 17.1 Å². The summed E-state index contributed by atoms with van der Waals surface area (Å²) in [5.41, 5.74) is 16.9. The highest BCUT2D eigenvalue weighted by Crippen LogP contribution is 2.17. The monoisotopic (exact) mass is 687 g/mol. The molecule has 2 aromatic rings. The maximum absolute atomic E-state index is 13.5. The lowest BCUT2D eigenvalue weighted by molar-refractivity contribution is -0.384. The van der Waals surface area contributed by atoms with E-state index >= 15 is 0 Å². The third-order valence-electron chi connectivity index (χ3n) is 7.00. The van der Waals surface area contributed by atoms with Crippen LogP contribution in [-0.4, -0.2) is 92.6 Å². The third kappa shape index (κ3) is 13.8. The summed E-state index contributed by atoms with van der Waals surface area (Å²) in [7, 11) is 0. The van der Waals surface area contributed by atoms with Crippen LogP contribution in [0.2, 0.25) is 0 Å². The summed E-state index contributed by atoms with van der Waals surface area (Å²) in [4.78, 5) is 78.2. The maximum atomic E-state index is 13.5. The quantitative estimate of drug-likeness (QED) is 0.0266. The van der Waals surface area contributed by atoms with Gasteiger partial charge < -0.3 is 53.8 Å². The molecule has 4 amide bonds. The normalized spacial score (nSPS) is 13.8. The fraction of sp³-hybridized carbons (Fsp3) is 0.400. The van der Waals surface area contributed by atoms with Crippen molar-refractivity contribution in [2.24, 2.45) is 22.2 Å². The Bertz CT molecular complexity index is 1500. The Morgan fingerprint density at radius 2 is 1.49 bits per heavy atom. The summed E-state index contributed by atoms with van der Waals surface area (Å²) in [5.74, 6) is -5.02. The smallest absolute Gasteiger partial charge is 0.303 e. The van der Waals surface area contributed by atoms with Crippen molar-refractivity contribution in [3.05, 3.63) is 64.2 Å². The predicted molar refractivity (Wildman–Crippen MR) is 176 cm³/mol. The van der Waals surface area contributed by atoms with Crippen LogP contribution in [0.25, 0.3) is 0 Å². The fourth-order valence-electron chi connectivity index (χ4n) is 4.36. The number of hydrogen-bond acceptors (Lipinski definition) is 11. The minimum Gasteiger partial charge on any atom is -0.508 e. The number of carbonyl (C=O) groups excluding carboxylic acids is 4. The van der Waals surface area contributed by atoms with Crippen molar-refractivity contribution in [1.82, 2.24) is 16.0 Å². The summed E-state index contributed by atoms with van der Waals surface area (Å²) < 4.78 is 0. The van der Waals surface area contributed by atoms with Crippen molar-refractivity contribution in [2.75, 3.05) is 11.9 Å². The van der Waals surface area contributed by atoms with Crippen LogP contribution in [0.3, 0.4) is 0 Å². The van der Waals surface area contributed by atoms with E-state index in [1.165, 1.54) is 55.5 Å². The van der Waals surface area contributed by atoms with E-state index in [4.69, 9.17) is 17.2 Å². The lowest BCUT2D eigenvalue weighted by Gasteiger charge is -2.27. The van der Waals surface area contributed by atoms with Gasteiger partial charge >= 0.3 is 5.97 Å². The SMILES string of the molecule is C[C@@H](O)[C@H](NC(=O)[C@H](CCC(=O)O)NC(=O)[C@@H](N)CCCN=C(N)N)C(=O)N[C@@H](Cc1ccc(O)cc1)C(=O)Nc1ccc([N+](=O)[O-])cc1. The number of carbonyl (C=O) groups is 5. The molecule has 0 aliphatic rings. The van der Waals surface area contributed by atoms with Crippen molar-refractivity contribution < 1.29 is 44.2 Å². The molecule has 0 aromatic heterocycles. The molecule has 0 heterocycles. The Labute approximate surface area is 280 Å². The van der Waals surface area contributed by atoms with Gasteiger partial charge in [-0.05, 0) is 56.0 Å². The van der Waals surface area contributed by atoms with E-state index in [0.717, 1.165) is 0 Å². The number of non-ortho nitro benzene ring substituents is 1. The molecule has 0 unspecified atom stereocenters. The average molecular weight is 688 g/mol. The zero-order valence-electron chi connectivity index (χ0n) is 26.6. The lowest BCUT2D eigenvalue weighted by atomic mass is 10.0. The van der Waals surface area contributed by atoms with E-state index < -0.39 is 71.2 Å². The van der Waals surface area contributed by atoms with Crippen molar-refractivity contribution in [3.63, 3.8) is 0 Å². The van der Waals surface area contributed by atoms with Crippen molar-refractivity contribution in [1.29, 1.82) is 0 Å². The Hall–Kier alpha value is -5.82. The van der Waals surface area contributed by atoms with Gasteiger partial charge in [-0.25, -0.2) is 0 Å². The van der Waals surface area contributed by atoms with Crippen molar-refractivity contribution in [2.45, 2.75) is 69.3 Å². The molecule has 19 nitrogen and oxygen atoms in total. The molecule has 19 heteroatoms. The Kier molecular flexibility index (Phi) is 15.4. The molecule has 0 spiro atoms. The topological polar surface area (TPSA) is 328 Å². The number of nitrogens with one attached hydrogen (secondary N) is 4. The summed E-state index contributed by atoms with van der Waals surface area (Å²) in [6.07, 6.45) is -2.14. The van der Waals surface area contributed by atoms with Crippen LogP contribution in [0.15, 0.2) is 53.5 Å². The van der Waals surface area contributed by atoms with Gasteiger partial charge in [0.2, 0.25) is 23.6 Å².